The quantitative estimate of drug-likeness (QED) is 0.0363. The van der Waals surface area contributed by atoms with Gasteiger partial charge in [-0.2, -0.15) is 0 Å². The predicted molar refractivity (Wildman–Crippen MR) is 264 cm³/mol. The number of unbranched alkanes of at least 4 members (excludes halogenated alkanes) is 38. The molecule has 0 aliphatic rings. The number of carbonyl (C=O) groups is 1. The Morgan fingerprint density at radius 1 is 0.400 bits per heavy atom. The number of hydrogen-bond acceptors (Lipinski definition) is 4. The highest BCUT2D eigenvalue weighted by Crippen LogP contribution is 2.17. The summed E-state index contributed by atoms with van der Waals surface area (Å²) in [5.74, 6) is -0.150. The molecule has 4 N–H and O–H groups in total. The smallest absolute Gasteiger partial charge is 0.220 e. The van der Waals surface area contributed by atoms with Gasteiger partial charge in [0, 0.05) is 6.42 Å². The van der Waals surface area contributed by atoms with E-state index < -0.39 is 18.2 Å². The predicted octanol–water partition coefficient (Wildman–Crippen LogP) is 16.5. The number of nitrogens with one attached hydrogen (secondary N) is 1. The SMILES string of the molecule is CCCCCCCCCCCC/C=C/CCCC(O)C(O)C(CO)NC(=O)CCCCCCCCCCCCCCCCC/C=C\CCCCCCCCCCCCCC. The molecule has 0 aromatic carbocycles. The normalized spacial score (nSPS) is 13.5. The topological polar surface area (TPSA) is 89.8 Å². The van der Waals surface area contributed by atoms with Gasteiger partial charge in [0.1, 0.15) is 6.10 Å². The first-order valence-electron chi connectivity index (χ1n) is 27.1. The number of aliphatic hydroxyl groups excluding tert-OH is 3. The molecule has 0 heterocycles. The lowest BCUT2D eigenvalue weighted by molar-refractivity contribution is -0.124. The van der Waals surface area contributed by atoms with Crippen LogP contribution in [0.15, 0.2) is 24.3 Å². The van der Waals surface area contributed by atoms with E-state index in [9.17, 15) is 20.1 Å². The molecule has 0 radical (unpaired) electrons. The van der Waals surface area contributed by atoms with Crippen molar-refractivity contribution in [2.24, 2.45) is 0 Å². The first-order chi connectivity index (χ1) is 29.6. The van der Waals surface area contributed by atoms with Crippen LogP contribution >= 0.6 is 0 Å². The molecule has 0 aliphatic carbocycles. The van der Waals surface area contributed by atoms with E-state index in [1.165, 1.54) is 231 Å². The molecule has 0 saturated carbocycles. The fourth-order valence-electron chi connectivity index (χ4n) is 8.57. The number of aliphatic hydroxyl groups is 3. The van der Waals surface area contributed by atoms with Gasteiger partial charge < -0.3 is 20.6 Å². The Morgan fingerprint density at radius 3 is 0.967 bits per heavy atom. The summed E-state index contributed by atoms with van der Waals surface area (Å²) >= 11 is 0. The molecule has 0 aliphatic heterocycles. The van der Waals surface area contributed by atoms with Gasteiger partial charge in [-0.15, -0.1) is 0 Å². The molecule has 0 aromatic rings. The van der Waals surface area contributed by atoms with Crippen LogP contribution in [-0.2, 0) is 4.79 Å². The standard InChI is InChI=1S/C55H107NO4/c1-3-5-7-9-11-13-15-17-19-20-21-22-23-24-25-26-27-28-29-30-31-32-33-34-36-38-40-42-44-46-48-50-54(59)56-52(51-57)55(60)53(58)49-47-45-43-41-39-37-35-18-16-14-12-10-8-6-4-2/h24-25,41,43,52-53,55,57-58,60H,3-23,26-40,42,44-51H2,1-2H3,(H,56,59)/b25-24-,43-41+. The first kappa shape index (κ1) is 58.8. The average Bonchev–Trinajstić information content (AvgIpc) is 3.25. The van der Waals surface area contributed by atoms with Crippen molar-refractivity contribution in [1.82, 2.24) is 5.32 Å². The lowest BCUT2D eigenvalue weighted by Crippen LogP contribution is -2.50. The Bertz CT molecular complexity index is 890. The molecule has 356 valence electrons. The van der Waals surface area contributed by atoms with E-state index in [0.29, 0.717) is 12.8 Å². The zero-order chi connectivity index (χ0) is 43.7. The minimum atomic E-state index is -1.16. The van der Waals surface area contributed by atoms with Gasteiger partial charge in [0.25, 0.3) is 0 Å². The average molecular weight is 846 g/mol. The van der Waals surface area contributed by atoms with Gasteiger partial charge in [0.05, 0.1) is 18.8 Å². The molecular formula is C55H107NO4. The van der Waals surface area contributed by atoms with Gasteiger partial charge >= 0.3 is 0 Å². The van der Waals surface area contributed by atoms with E-state index in [2.05, 4.69) is 43.5 Å². The zero-order valence-electron chi connectivity index (χ0n) is 40.6. The lowest BCUT2D eigenvalue weighted by atomic mass is 10.0. The number of carbonyl (C=O) groups excluding carboxylic acids is 1. The fraction of sp³-hybridized carbons (Fsp3) is 0.909. The maximum Gasteiger partial charge on any atom is 0.220 e. The lowest BCUT2D eigenvalue weighted by Gasteiger charge is -2.26. The van der Waals surface area contributed by atoms with Crippen molar-refractivity contribution < 1.29 is 20.1 Å². The summed E-state index contributed by atoms with van der Waals surface area (Å²) in [5, 5.41) is 33.6. The molecule has 0 saturated heterocycles. The molecule has 5 heteroatoms. The minimum absolute atomic E-state index is 0.150. The van der Waals surface area contributed by atoms with E-state index in [0.717, 1.165) is 38.5 Å². The largest absolute Gasteiger partial charge is 0.394 e. The van der Waals surface area contributed by atoms with E-state index in [4.69, 9.17) is 0 Å². The number of allylic oxidation sites excluding steroid dienone is 4. The Hall–Kier alpha value is -1.17. The third-order valence-corrected chi connectivity index (χ3v) is 12.8. The van der Waals surface area contributed by atoms with Crippen LogP contribution in [0, 0.1) is 0 Å². The summed E-state index contributed by atoms with van der Waals surface area (Å²) in [4.78, 5) is 12.5. The molecule has 60 heavy (non-hydrogen) atoms. The van der Waals surface area contributed by atoms with Crippen molar-refractivity contribution in [2.45, 2.75) is 315 Å². The van der Waals surface area contributed by atoms with Crippen LogP contribution in [0.3, 0.4) is 0 Å². The van der Waals surface area contributed by atoms with E-state index >= 15 is 0 Å². The molecule has 5 nitrogen and oxygen atoms in total. The van der Waals surface area contributed by atoms with Gasteiger partial charge in [0.2, 0.25) is 5.91 Å². The summed E-state index contributed by atoms with van der Waals surface area (Å²) in [7, 11) is 0. The van der Waals surface area contributed by atoms with Crippen molar-refractivity contribution in [3.8, 4) is 0 Å². The summed E-state index contributed by atoms with van der Waals surface area (Å²) in [6.45, 7) is 4.19. The number of hydrogen-bond donors (Lipinski definition) is 4. The van der Waals surface area contributed by atoms with Gasteiger partial charge in [-0.05, 0) is 64.2 Å². The second kappa shape index (κ2) is 50.5. The van der Waals surface area contributed by atoms with Gasteiger partial charge in [-0.3, -0.25) is 4.79 Å². The van der Waals surface area contributed by atoms with E-state index in [1.807, 2.05) is 0 Å². The van der Waals surface area contributed by atoms with Gasteiger partial charge in [-0.25, -0.2) is 0 Å². The molecule has 1 amide bonds. The molecule has 0 fully saturated rings. The van der Waals surface area contributed by atoms with Crippen molar-refractivity contribution >= 4 is 5.91 Å². The maximum absolute atomic E-state index is 12.5. The van der Waals surface area contributed by atoms with Crippen LogP contribution in [0.5, 0.6) is 0 Å². The molecular weight excluding hydrogens is 739 g/mol. The fourth-order valence-corrected chi connectivity index (χ4v) is 8.57. The third-order valence-electron chi connectivity index (χ3n) is 12.8. The zero-order valence-corrected chi connectivity index (χ0v) is 40.6. The van der Waals surface area contributed by atoms with Crippen LogP contribution in [-0.4, -0.2) is 46.1 Å². The van der Waals surface area contributed by atoms with Crippen molar-refractivity contribution in [3.05, 3.63) is 24.3 Å². The van der Waals surface area contributed by atoms with Crippen LogP contribution in [0.1, 0.15) is 296 Å². The summed E-state index contributed by atoms with van der Waals surface area (Å²) in [6, 6.07) is -0.824. The molecule has 0 aromatic heterocycles. The summed E-state index contributed by atoms with van der Waals surface area (Å²) in [6.07, 6.45) is 63.3. The highest BCUT2D eigenvalue weighted by molar-refractivity contribution is 5.76. The minimum Gasteiger partial charge on any atom is -0.394 e. The molecule has 3 atom stereocenters. The van der Waals surface area contributed by atoms with Crippen molar-refractivity contribution in [1.29, 1.82) is 0 Å². The van der Waals surface area contributed by atoms with Gasteiger partial charge in [0.15, 0.2) is 0 Å². The monoisotopic (exact) mass is 846 g/mol. The van der Waals surface area contributed by atoms with Gasteiger partial charge in [-0.1, -0.05) is 250 Å². The number of amides is 1. The second-order valence-electron chi connectivity index (χ2n) is 18.8. The molecule has 0 bridgehead atoms. The summed E-state index contributed by atoms with van der Waals surface area (Å²) in [5.41, 5.74) is 0. The Balaban J connectivity index is 3.51. The molecule has 0 rings (SSSR count). The Morgan fingerprint density at radius 2 is 0.667 bits per heavy atom. The second-order valence-corrected chi connectivity index (χ2v) is 18.8. The maximum atomic E-state index is 12.5. The number of rotatable bonds is 50. The van der Waals surface area contributed by atoms with Crippen LogP contribution in [0.2, 0.25) is 0 Å². The van der Waals surface area contributed by atoms with E-state index in [-0.39, 0.29) is 12.5 Å². The van der Waals surface area contributed by atoms with Crippen LogP contribution in [0.25, 0.3) is 0 Å². The van der Waals surface area contributed by atoms with Crippen LogP contribution in [0.4, 0.5) is 0 Å². The van der Waals surface area contributed by atoms with Crippen molar-refractivity contribution in [3.63, 3.8) is 0 Å². The molecule has 0 spiro atoms. The first-order valence-corrected chi connectivity index (χ1v) is 27.1. The van der Waals surface area contributed by atoms with Crippen LogP contribution < -0.4 is 5.32 Å². The molecule has 3 unspecified atom stereocenters. The summed E-state index contributed by atoms with van der Waals surface area (Å²) < 4.78 is 0. The van der Waals surface area contributed by atoms with Crippen molar-refractivity contribution in [2.75, 3.05) is 6.61 Å². The highest BCUT2D eigenvalue weighted by atomic mass is 16.3. The highest BCUT2D eigenvalue weighted by Gasteiger charge is 2.26. The third kappa shape index (κ3) is 44.9. The Kier molecular flexibility index (Phi) is 49.5. The van der Waals surface area contributed by atoms with E-state index in [1.54, 1.807) is 0 Å². The Labute approximate surface area is 375 Å².